The monoisotopic (exact) mass is 1130 g/mol. The number of pyridine rings is 1. The fourth-order valence-corrected chi connectivity index (χ4v) is 11.6. The molecule has 0 bridgehead atoms. The van der Waals surface area contributed by atoms with Gasteiger partial charge in [0, 0.05) is 47.5 Å². The molecule has 2 saturated carbocycles. The molecule has 9 aromatic rings. The van der Waals surface area contributed by atoms with Crippen LogP contribution in [0.15, 0.2) is 152 Å². The average Bonchev–Trinajstić information content (AvgIpc) is 3.94. The van der Waals surface area contributed by atoms with Crippen LogP contribution in [0.1, 0.15) is 114 Å². The Bertz CT molecular complexity index is 3550. The van der Waals surface area contributed by atoms with Crippen molar-refractivity contribution in [2.24, 2.45) is 0 Å². The Morgan fingerprint density at radius 3 is 1.93 bits per heavy atom. The van der Waals surface area contributed by atoms with Crippen molar-refractivity contribution >= 4 is 50.6 Å². The zero-order valence-electron chi connectivity index (χ0n) is 40.9. The summed E-state index contributed by atoms with van der Waals surface area (Å²) in [6.45, 7) is 6.67. The molecule has 3 aliphatic rings. The first-order chi connectivity index (χ1) is 34.6. The van der Waals surface area contributed by atoms with E-state index in [1.165, 1.54) is 98.6 Å². The Morgan fingerprint density at radius 2 is 1.24 bits per heavy atom. The smallest absolute Gasteiger partial charge is 0.509 e. The summed E-state index contributed by atoms with van der Waals surface area (Å²) in [5, 5.41) is 2.18. The Hall–Kier alpha value is -6.78. The minimum absolute atomic E-state index is 0. The van der Waals surface area contributed by atoms with Gasteiger partial charge in [-0.05, 0) is 117 Å². The summed E-state index contributed by atoms with van der Waals surface area (Å²) >= 11 is 0. The fraction of sp³-hybridized carbons (Fsp3) is 0.250. The number of nitrogens with zero attached hydrogens (tertiary/aromatic N) is 4. The number of hydrogen-bond acceptors (Lipinski definition) is 2. The van der Waals surface area contributed by atoms with Gasteiger partial charge in [0.2, 0.25) is 5.69 Å². The molecule has 0 atom stereocenters. The third-order valence-corrected chi connectivity index (χ3v) is 15.1. The van der Waals surface area contributed by atoms with Gasteiger partial charge in [-0.2, -0.15) is 6.07 Å². The summed E-state index contributed by atoms with van der Waals surface area (Å²) in [6.07, 6.45) is 14.1. The Balaban J connectivity index is 0.00000560. The van der Waals surface area contributed by atoms with Crippen molar-refractivity contribution in [3.63, 3.8) is 0 Å². The van der Waals surface area contributed by atoms with Crippen LogP contribution < -0.4 is 13.9 Å². The zero-order chi connectivity index (χ0) is 48.2. The van der Waals surface area contributed by atoms with Gasteiger partial charge >= 0.3 is 27.1 Å². The van der Waals surface area contributed by atoms with Crippen molar-refractivity contribution in [1.82, 2.24) is 18.7 Å². The molecule has 2 aliphatic carbocycles. The zero-order valence-corrected chi connectivity index (χ0v) is 43.2. The number of hydrogen-bond donors (Lipinski definition) is 0. The Labute approximate surface area is 435 Å². The number of rotatable bonds is 9. The van der Waals surface area contributed by atoms with Crippen molar-refractivity contribution in [2.75, 3.05) is 0 Å². The Kier molecular flexibility index (Phi) is 13.0. The van der Waals surface area contributed by atoms with Crippen LogP contribution in [0.4, 0.5) is 31.5 Å². The van der Waals surface area contributed by atoms with E-state index >= 15 is 0 Å². The van der Waals surface area contributed by atoms with E-state index in [1.807, 2.05) is 53.2 Å². The van der Waals surface area contributed by atoms with E-state index in [0.29, 0.717) is 34.5 Å². The van der Waals surface area contributed by atoms with Gasteiger partial charge in [-0.3, -0.25) is 0 Å². The van der Waals surface area contributed by atoms with Gasteiger partial charge in [-0.25, -0.2) is 13.8 Å². The molecule has 0 amide bonds. The summed E-state index contributed by atoms with van der Waals surface area (Å²) < 4.78 is 42.9. The van der Waals surface area contributed by atoms with Crippen LogP contribution in [0, 0.1) is 23.8 Å². The van der Waals surface area contributed by atoms with Crippen molar-refractivity contribution in [1.29, 1.82) is 0 Å². The van der Waals surface area contributed by atoms with Crippen molar-refractivity contribution < 1.29 is 34.6 Å². The molecule has 5 nitrogen and oxygen atoms in total. The third-order valence-electron chi connectivity index (χ3n) is 15.1. The molecule has 7 aromatic carbocycles. The maximum absolute atomic E-state index is 14.8. The van der Waals surface area contributed by atoms with Crippen molar-refractivity contribution in [3.8, 4) is 39.6 Å². The van der Waals surface area contributed by atoms with E-state index in [-0.39, 0.29) is 26.5 Å². The first-order valence-corrected chi connectivity index (χ1v) is 25.5. The Morgan fingerprint density at radius 1 is 0.597 bits per heavy atom. The van der Waals surface area contributed by atoms with Crippen LogP contribution in [-0.4, -0.2) is 15.6 Å². The summed E-state index contributed by atoms with van der Waals surface area (Å²) in [6, 6.07) is 59.1. The van der Waals surface area contributed by atoms with Gasteiger partial charge < -0.3 is 9.30 Å². The number of halogens is 2. The molecule has 1 aliphatic heterocycles. The van der Waals surface area contributed by atoms with E-state index in [0.717, 1.165) is 62.0 Å². The second-order valence-electron chi connectivity index (χ2n) is 20.7. The normalized spacial score (nSPS) is 15.3. The molecule has 2 fully saturated rings. The SMILES string of the molecule is CC(C)(C)c1ccnc(-n2c3[c-]c(Oc4[c-]c([N+]5=C=[N+](c6ccccc6-c6cc(F)cc(F)c6)c6ccccc65)cc(-c5c(C6CCCCC6)cccc5C5CCCCC5)c4)ccc3c3ccccc32)c1.[Pt+2]. The molecule has 72 heavy (non-hydrogen) atoms. The molecule has 0 radical (unpaired) electrons. The van der Waals surface area contributed by atoms with Gasteiger partial charge in [-0.1, -0.05) is 142 Å². The number of benzene rings is 7. The van der Waals surface area contributed by atoms with Crippen LogP contribution >= 0.6 is 0 Å². The van der Waals surface area contributed by atoms with E-state index in [1.54, 1.807) is 0 Å². The number of para-hydroxylation sites is 4. The van der Waals surface area contributed by atoms with Crippen LogP contribution in [0.2, 0.25) is 0 Å². The topological polar surface area (TPSA) is 33.1 Å². The molecule has 0 N–H and O–H groups in total. The number of fused-ring (bicyclic) bond motifs is 4. The quantitative estimate of drug-likeness (QED) is 0.107. The molecule has 0 spiro atoms. The number of aromatic nitrogens is 2. The first-order valence-electron chi connectivity index (χ1n) is 25.5. The van der Waals surface area contributed by atoms with Gasteiger partial charge in [0.05, 0.1) is 5.56 Å². The molecule has 360 valence electrons. The third kappa shape index (κ3) is 8.97. The maximum Gasteiger partial charge on any atom is 2.00 e. The maximum atomic E-state index is 14.8. The van der Waals surface area contributed by atoms with E-state index in [9.17, 15) is 8.78 Å². The summed E-state index contributed by atoms with van der Waals surface area (Å²) in [5.74, 6) is 1.62. The van der Waals surface area contributed by atoms with E-state index in [2.05, 4.69) is 133 Å². The fourth-order valence-electron chi connectivity index (χ4n) is 11.6. The van der Waals surface area contributed by atoms with Crippen LogP contribution in [-0.2, 0) is 26.5 Å². The predicted octanol–water partition coefficient (Wildman–Crippen LogP) is 17.4. The van der Waals surface area contributed by atoms with Crippen LogP contribution in [0.5, 0.6) is 11.5 Å². The summed E-state index contributed by atoms with van der Waals surface area (Å²) in [7, 11) is 0. The largest absolute Gasteiger partial charge is 2.00 e. The van der Waals surface area contributed by atoms with Gasteiger partial charge in [0.1, 0.15) is 23.1 Å². The first kappa shape index (κ1) is 47.5. The van der Waals surface area contributed by atoms with Crippen LogP contribution in [0.3, 0.4) is 0 Å². The summed E-state index contributed by atoms with van der Waals surface area (Å²) in [5.41, 5.74) is 12.7. The standard InChI is InChI=1S/C64H56F2N4O.Pt/c1-64(2,3)46-31-32-67-62(37-46)70-58-26-13-11-22-55(58)56-30-29-50(40-61(56)70)71-51-36-45(63-53(42-17-6-4-7-18-42)23-16-24-54(63)43-19-8-5-9-20-43)35-49(39-51)68-41-69(60-28-15-14-27-59(60)68)57-25-12-10-21-52(57)44-33-47(65)38-48(66)34-44;/h10-16,21-38,42-43H,4-9,17-20H2,1-3H3;/q;+2. The van der Waals surface area contributed by atoms with E-state index < -0.39 is 11.6 Å². The minimum Gasteiger partial charge on any atom is -0.509 e. The van der Waals surface area contributed by atoms with Gasteiger partial charge in [0.15, 0.2) is 0 Å². The summed E-state index contributed by atoms with van der Waals surface area (Å²) in [4.78, 5) is 4.93. The van der Waals surface area contributed by atoms with Crippen molar-refractivity contribution in [2.45, 2.75) is 102 Å². The molecule has 3 heterocycles. The van der Waals surface area contributed by atoms with Crippen LogP contribution in [0.25, 0.3) is 49.9 Å². The van der Waals surface area contributed by atoms with E-state index in [4.69, 9.17) is 9.72 Å². The minimum atomic E-state index is -0.629. The predicted molar refractivity (Wildman–Crippen MR) is 285 cm³/mol. The molecule has 8 heteroatoms. The molecular weight excluding hydrogens is 1070 g/mol. The molecular formula is C64H56F2N4OPt+2. The molecule has 2 aromatic heterocycles. The molecule has 12 rings (SSSR count). The number of ether oxygens (including phenoxy) is 1. The second kappa shape index (κ2) is 19.7. The van der Waals surface area contributed by atoms with Gasteiger partial charge in [0.25, 0.3) is 11.4 Å². The van der Waals surface area contributed by atoms with Crippen molar-refractivity contribution in [3.05, 3.63) is 192 Å². The molecule has 0 saturated heterocycles. The second-order valence-corrected chi connectivity index (χ2v) is 20.7. The molecule has 0 unspecified atom stereocenters. The average molecular weight is 1130 g/mol. The van der Waals surface area contributed by atoms with Gasteiger partial charge in [-0.15, -0.1) is 29.1 Å².